The van der Waals surface area contributed by atoms with Crippen LogP contribution < -0.4 is 5.32 Å². The molecule has 0 saturated carbocycles. The van der Waals surface area contributed by atoms with Gasteiger partial charge in [0.25, 0.3) is 5.91 Å². The average Bonchev–Trinajstić information content (AvgIpc) is 2.87. The number of amides is 1. The average molecular weight is 274 g/mol. The Labute approximate surface area is 117 Å². The van der Waals surface area contributed by atoms with Crippen molar-refractivity contribution in [3.63, 3.8) is 0 Å². The highest BCUT2D eigenvalue weighted by Gasteiger charge is 2.15. The third kappa shape index (κ3) is 3.03. The Balaban J connectivity index is 2.15. The highest BCUT2D eigenvalue weighted by atomic mass is 16.3. The largest absolute Gasteiger partial charge is 0.396 e. The van der Waals surface area contributed by atoms with Crippen LogP contribution in [0.4, 0.5) is 0 Å². The number of aliphatic hydroxyl groups excluding tert-OH is 1. The second kappa shape index (κ2) is 6.29. The molecule has 0 spiro atoms. The van der Waals surface area contributed by atoms with Crippen LogP contribution in [0.15, 0.2) is 30.6 Å². The maximum absolute atomic E-state index is 12.1. The van der Waals surface area contributed by atoms with Crippen LogP contribution in [0.1, 0.15) is 23.0 Å². The van der Waals surface area contributed by atoms with Gasteiger partial charge in [-0.15, -0.1) is 0 Å². The van der Waals surface area contributed by atoms with Crippen molar-refractivity contribution in [1.29, 1.82) is 0 Å². The molecule has 20 heavy (non-hydrogen) atoms. The van der Waals surface area contributed by atoms with Crippen LogP contribution in [0.3, 0.4) is 0 Å². The molecule has 2 rings (SSSR count). The summed E-state index contributed by atoms with van der Waals surface area (Å²) in [6, 6.07) is 5.52. The van der Waals surface area contributed by atoms with Crippen molar-refractivity contribution in [2.75, 3.05) is 13.2 Å². The lowest BCUT2D eigenvalue weighted by Crippen LogP contribution is -2.29. The summed E-state index contributed by atoms with van der Waals surface area (Å²) in [5, 5.41) is 15.9. The van der Waals surface area contributed by atoms with Gasteiger partial charge >= 0.3 is 0 Å². The molecule has 0 aliphatic rings. The number of hydrogen-bond donors (Lipinski definition) is 2. The van der Waals surface area contributed by atoms with E-state index in [9.17, 15) is 4.79 Å². The number of hydrogen-bond acceptors (Lipinski definition) is 4. The van der Waals surface area contributed by atoms with E-state index in [0.717, 1.165) is 5.69 Å². The predicted molar refractivity (Wildman–Crippen MR) is 74.7 cm³/mol. The maximum Gasteiger partial charge on any atom is 0.254 e. The van der Waals surface area contributed by atoms with E-state index >= 15 is 0 Å². The molecule has 106 valence electrons. The molecule has 6 nitrogen and oxygen atoms in total. The Hall–Kier alpha value is -2.21. The van der Waals surface area contributed by atoms with Crippen molar-refractivity contribution in [2.24, 2.45) is 5.92 Å². The Bertz CT molecular complexity index is 580. The van der Waals surface area contributed by atoms with E-state index in [4.69, 9.17) is 5.11 Å². The first-order valence-corrected chi connectivity index (χ1v) is 6.48. The van der Waals surface area contributed by atoms with Gasteiger partial charge in [-0.05, 0) is 25.0 Å². The summed E-state index contributed by atoms with van der Waals surface area (Å²) in [5.41, 5.74) is 1.25. The highest BCUT2D eigenvalue weighted by molar-refractivity contribution is 5.95. The maximum atomic E-state index is 12.1. The number of carbonyl (C=O) groups excluding carboxylic acids is 1. The summed E-state index contributed by atoms with van der Waals surface area (Å²) >= 11 is 0. The monoisotopic (exact) mass is 274 g/mol. The van der Waals surface area contributed by atoms with Gasteiger partial charge in [0.1, 0.15) is 0 Å². The van der Waals surface area contributed by atoms with Crippen molar-refractivity contribution in [3.05, 3.63) is 41.9 Å². The lowest BCUT2D eigenvalue weighted by Gasteiger charge is -2.09. The van der Waals surface area contributed by atoms with E-state index in [-0.39, 0.29) is 18.4 Å². The quantitative estimate of drug-likeness (QED) is 0.850. The minimum absolute atomic E-state index is 0.0325. The van der Waals surface area contributed by atoms with Gasteiger partial charge in [0.05, 0.1) is 17.5 Å². The first kappa shape index (κ1) is 14.2. The molecule has 1 atom stereocenters. The fourth-order valence-electron chi connectivity index (χ4n) is 1.77. The van der Waals surface area contributed by atoms with Crippen molar-refractivity contribution in [1.82, 2.24) is 20.1 Å². The van der Waals surface area contributed by atoms with Crippen LogP contribution in [0.5, 0.6) is 0 Å². The molecule has 0 radical (unpaired) electrons. The van der Waals surface area contributed by atoms with Gasteiger partial charge in [-0.1, -0.05) is 13.0 Å². The van der Waals surface area contributed by atoms with E-state index in [0.29, 0.717) is 17.9 Å². The zero-order valence-corrected chi connectivity index (χ0v) is 11.6. The summed E-state index contributed by atoms with van der Waals surface area (Å²) in [7, 11) is 0. The van der Waals surface area contributed by atoms with E-state index in [1.807, 2.05) is 32.0 Å². The topological polar surface area (TPSA) is 80.0 Å². The number of pyridine rings is 1. The molecule has 0 aromatic carbocycles. The molecule has 0 saturated heterocycles. The van der Waals surface area contributed by atoms with Crippen molar-refractivity contribution >= 4 is 5.91 Å². The molecule has 0 bridgehead atoms. The van der Waals surface area contributed by atoms with Gasteiger partial charge in [-0.3, -0.25) is 4.79 Å². The number of aromatic nitrogens is 3. The van der Waals surface area contributed by atoms with Crippen LogP contribution in [-0.4, -0.2) is 38.9 Å². The second-order valence-electron chi connectivity index (χ2n) is 4.74. The summed E-state index contributed by atoms with van der Waals surface area (Å²) in [5.74, 6) is 0.517. The molecule has 2 aromatic heterocycles. The summed E-state index contributed by atoms with van der Waals surface area (Å²) in [6.07, 6.45) is 3.21. The molecular formula is C14H18N4O2. The lowest BCUT2D eigenvalue weighted by molar-refractivity contribution is 0.0941. The van der Waals surface area contributed by atoms with E-state index < -0.39 is 0 Å². The molecule has 2 N–H and O–H groups in total. The minimum Gasteiger partial charge on any atom is -0.396 e. The van der Waals surface area contributed by atoms with Gasteiger partial charge in [0.15, 0.2) is 5.82 Å². The first-order valence-electron chi connectivity index (χ1n) is 6.48. The second-order valence-corrected chi connectivity index (χ2v) is 4.74. The Morgan fingerprint density at radius 3 is 2.95 bits per heavy atom. The predicted octanol–water partition coefficient (Wildman–Crippen LogP) is 0.934. The van der Waals surface area contributed by atoms with Crippen LogP contribution >= 0.6 is 0 Å². The van der Waals surface area contributed by atoms with E-state index in [2.05, 4.69) is 15.4 Å². The van der Waals surface area contributed by atoms with Crippen molar-refractivity contribution in [2.45, 2.75) is 13.8 Å². The number of aliphatic hydroxyl groups is 1. The van der Waals surface area contributed by atoms with Crippen molar-refractivity contribution in [3.8, 4) is 5.82 Å². The minimum atomic E-state index is -0.190. The molecule has 0 aliphatic carbocycles. The number of nitrogens with one attached hydrogen (secondary N) is 1. The molecule has 6 heteroatoms. The SMILES string of the molecule is Cc1c(C(=O)NCC(C)CO)cnn1-c1ccccn1. The highest BCUT2D eigenvalue weighted by Crippen LogP contribution is 2.12. The number of carbonyl (C=O) groups is 1. The van der Waals surface area contributed by atoms with Crippen molar-refractivity contribution < 1.29 is 9.90 Å². The fourth-order valence-corrected chi connectivity index (χ4v) is 1.77. The molecule has 0 aliphatic heterocycles. The fraction of sp³-hybridized carbons (Fsp3) is 0.357. The normalized spacial score (nSPS) is 12.2. The standard InChI is InChI=1S/C14H18N4O2/c1-10(9-19)7-16-14(20)12-8-17-18(11(12)2)13-5-3-4-6-15-13/h3-6,8,10,19H,7,9H2,1-2H3,(H,16,20). The molecule has 2 heterocycles. The number of nitrogens with zero attached hydrogens (tertiary/aromatic N) is 3. The van der Waals surface area contributed by atoms with Crippen LogP contribution in [0, 0.1) is 12.8 Å². The van der Waals surface area contributed by atoms with E-state index in [1.54, 1.807) is 10.9 Å². The summed E-state index contributed by atoms with van der Waals surface area (Å²) in [4.78, 5) is 16.3. The Morgan fingerprint density at radius 1 is 1.50 bits per heavy atom. The molecule has 2 aromatic rings. The van der Waals surface area contributed by atoms with Gasteiger partial charge in [-0.2, -0.15) is 5.10 Å². The van der Waals surface area contributed by atoms with Gasteiger partial charge in [0, 0.05) is 19.3 Å². The molecule has 1 unspecified atom stereocenters. The zero-order chi connectivity index (χ0) is 14.5. The Morgan fingerprint density at radius 2 is 2.30 bits per heavy atom. The van der Waals surface area contributed by atoms with Crippen LogP contribution in [-0.2, 0) is 0 Å². The summed E-state index contributed by atoms with van der Waals surface area (Å²) in [6.45, 7) is 4.17. The van der Waals surface area contributed by atoms with Crippen LogP contribution in [0.25, 0.3) is 5.82 Å². The summed E-state index contributed by atoms with van der Waals surface area (Å²) < 4.78 is 1.63. The molecular weight excluding hydrogens is 256 g/mol. The third-order valence-electron chi connectivity index (χ3n) is 3.04. The molecule has 1 amide bonds. The van der Waals surface area contributed by atoms with Gasteiger partial charge in [-0.25, -0.2) is 9.67 Å². The Kier molecular flexibility index (Phi) is 4.47. The van der Waals surface area contributed by atoms with Gasteiger partial charge < -0.3 is 10.4 Å². The first-order chi connectivity index (χ1) is 9.63. The van der Waals surface area contributed by atoms with Crippen LogP contribution in [0.2, 0.25) is 0 Å². The third-order valence-corrected chi connectivity index (χ3v) is 3.04. The zero-order valence-electron chi connectivity index (χ0n) is 11.6. The lowest BCUT2D eigenvalue weighted by atomic mass is 10.2. The molecule has 0 fully saturated rings. The number of rotatable bonds is 5. The van der Waals surface area contributed by atoms with E-state index in [1.165, 1.54) is 6.20 Å². The van der Waals surface area contributed by atoms with Gasteiger partial charge in [0.2, 0.25) is 0 Å². The smallest absolute Gasteiger partial charge is 0.254 e.